The SMILES string of the molecule is C=CCOc1ccc2c(c1)[C@H]1[C@H](CCCCO)[C@@H](CCCCO)C=C3C(=NOCC)C[C@H](N(Cc4ccc(F)cc4)C(=O)c4ccc(C#N)cc4)[C@@](OCC=C)(O2)[C@H]31. The van der Waals surface area contributed by atoms with Crippen molar-refractivity contribution in [2.24, 2.45) is 22.9 Å². The van der Waals surface area contributed by atoms with E-state index in [2.05, 4.69) is 25.3 Å². The smallest absolute Gasteiger partial charge is 0.254 e. The van der Waals surface area contributed by atoms with Crippen LogP contribution in [0.15, 0.2) is 109 Å². The van der Waals surface area contributed by atoms with E-state index >= 15 is 4.79 Å². The zero-order valence-corrected chi connectivity index (χ0v) is 33.2. The van der Waals surface area contributed by atoms with Gasteiger partial charge in [0.25, 0.3) is 5.91 Å². The van der Waals surface area contributed by atoms with Gasteiger partial charge in [-0.05, 0) is 110 Å². The number of oxime groups is 1. The molecule has 3 aromatic carbocycles. The third-order valence-corrected chi connectivity index (χ3v) is 11.5. The third kappa shape index (κ3) is 9.05. The van der Waals surface area contributed by atoms with Gasteiger partial charge >= 0.3 is 0 Å². The summed E-state index contributed by atoms with van der Waals surface area (Å²) in [7, 11) is 0. The molecule has 306 valence electrons. The fraction of sp³-hybridized carbons (Fsp3) is 0.426. The number of allylic oxidation sites excluding steroid dienone is 1. The van der Waals surface area contributed by atoms with Crippen molar-refractivity contribution < 1.29 is 38.4 Å². The Morgan fingerprint density at radius 1 is 1.02 bits per heavy atom. The number of nitriles is 1. The number of aliphatic hydroxyl groups is 2. The maximum atomic E-state index is 15.1. The van der Waals surface area contributed by atoms with Crippen molar-refractivity contribution in [2.75, 3.05) is 33.0 Å². The fourth-order valence-electron chi connectivity index (χ4n) is 9.00. The molecule has 0 bridgehead atoms. The van der Waals surface area contributed by atoms with E-state index < -0.39 is 23.6 Å². The zero-order valence-electron chi connectivity index (χ0n) is 33.2. The average Bonchev–Trinajstić information content (AvgIpc) is 3.25. The van der Waals surface area contributed by atoms with Gasteiger partial charge in [-0.15, -0.1) is 6.58 Å². The molecule has 0 radical (unpaired) electrons. The number of benzene rings is 3. The number of hydrogen-bond donors (Lipinski definition) is 2. The Kier molecular flexibility index (Phi) is 14.5. The number of rotatable bonds is 20. The highest BCUT2D eigenvalue weighted by Gasteiger charge is 2.65. The second-order valence-electron chi connectivity index (χ2n) is 15.0. The molecule has 3 aliphatic rings. The number of ether oxygens (including phenoxy) is 3. The fourth-order valence-corrected chi connectivity index (χ4v) is 9.00. The highest BCUT2D eigenvalue weighted by molar-refractivity contribution is 6.03. The molecule has 3 aromatic rings. The van der Waals surface area contributed by atoms with Crippen LogP contribution in [0.5, 0.6) is 11.5 Å². The molecule has 2 aliphatic carbocycles. The molecule has 0 saturated heterocycles. The molecule has 1 fully saturated rings. The number of nitrogens with zero attached hydrogens (tertiary/aromatic N) is 3. The average molecular weight is 792 g/mol. The van der Waals surface area contributed by atoms with Crippen molar-refractivity contribution in [1.82, 2.24) is 4.90 Å². The minimum atomic E-state index is -1.49. The summed E-state index contributed by atoms with van der Waals surface area (Å²) in [4.78, 5) is 22.7. The molecule has 0 spiro atoms. The van der Waals surface area contributed by atoms with Crippen LogP contribution in [-0.4, -0.2) is 71.6 Å². The van der Waals surface area contributed by atoms with Gasteiger partial charge in [-0.1, -0.05) is 54.9 Å². The molecular formula is C47H54FN3O7. The summed E-state index contributed by atoms with van der Waals surface area (Å²) >= 11 is 0. The van der Waals surface area contributed by atoms with E-state index in [4.69, 9.17) is 24.2 Å². The van der Waals surface area contributed by atoms with Crippen molar-refractivity contribution >= 4 is 11.6 Å². The van der Waals surface area contributed by atoms with E-state index in [0.717, 1.165) is 36.8 Å². The lowest BCUT2D eigenvalue weighted by atomic mass is 9.55. The second kappa shape index (κ2) is 19.9. The molecule has 0 unspecified atom stereocenters. The second-order valence-corrected chi connectivity index (χ2v) is 15.0. The minimum absolute atomic E-state index is 0.0369. The normalized spacial score (nSPS) is 23.7. The highest BCUT2D eigenvalue weighted by Crippen LogP contribution is 2.62. The Labute approximate surface area is 340 Å². The summed E-state index contributed by atoms with van der Waals surface area (Å²) in [5.41, 5.74) is 4.00. The van der Waals surface area contributed by atoms with Crippen LogP contribution >= 0.6 is 0 Å². The molecule has 2 N–H and O–H groups in total. The molecular weight excluding hydrogens is 738 g/mol. The van der Waals surface area contributed by atoms with Gasteiger partial charge in [0.05, 0.1) is 29.9 Å². The van der Waals surface area contributed by atoms with E-state index in [1.54, 1.807) is 53.5 Å². The van der Waals surface area contributed by atoms with Crippen LogP contribution in [0.1, 0.15) is 84.8 Å². The Morgan fingerprint density at radius 3 is 2.41 bits per heavy atom. The van der Waals surface area contributed by atoms with Crippen molar-refractivity contribution in [3.05, 3.63) is 132 Å². The Hall–Kier alpha value is -5.28. The van der Waals surface area contributed by atoms with Crippen molar-refractivity contribution in [3.8, 4) is 17.6 Å². The molecule has 0 aromatic heterocycles. The molecule has 1 heterocycles. The largest absolute Gasteiger partial charge is 0.490 e. The van der Waals surface area contributed by atoms with E-state index in [9.17, 15) is 19.9 Å². The van der Waals surface area contributed by atoms with Crippen LogP contribution < -0.4 is 9.47 Å². The first kappa shape index (κ1) is 42.3. The Bertz CT molecular complexity index is 1990. The van der Waals surface area contributed by atoms with Crippen molar-refractivity contribution in [2.45, 2.75) is 76.2 Å². The predicted octanol–water partition coefficient (Wildman–Crippen LogP) is 8.26. The summed E-state index contributed by atoms with van der Waals surface area (Å²) in [5.74, 6) is -1.59. The van der Waals surface area contributed by atoms with Crippen molar-refractivity contribution in [1.29, 1.82) is 5.26 Å². The molecule has 6 atom stereocenters. The molecule has 11 heteroatoms. The summed E-state index contributed by atoms with van der Waals surface area (Å²) < 4.78 is 34.7. The standard InChI is InChI=1S/C47H54FN3O7/c1-4-25-55-37-21-22-42-40(28-37)44-38(12-8-10-24-53)35(11-7-9-23-52)27-39-41(50-57-6-3)29-43(47(58-42,45(39)44)56-26-5-2)51(31-33-15-19-36(48)20-16-33)46(54)34-17-13-32(30-49)14-18-34/h4-5,13-22,27-28,35,38,43-45,52-53H,1-2,6-12,23-26,29,31H2,3H3/t35-,38+,43-,44+,45+,47+/m0/s1. The van der Waals surface area contributed by atoms with E-state index in [1.807, 2.05) is 25.1 Å². The van der Waals surface area contributed by atoms with E-state index in [-0.39, 0.29) is 56.4 Å². The molecule has 1 saturated carbocycles. The molecule has 10 nitrogen and oxygen atoms in total. The van der Waals surface area contributed by atoms with Crippen molar-refractivity contribution in [3.63, 3.8) is 0 Å². The third-order valence-electron chi connectivity index (χ3n) is 11.5. The number of hydrogen-bond acceptors (Lipinski definition) is 9. The number of aliphatic hydroxyl groups excluding tert-OH is 2. The van der Waals surface area contributed by atoms with Gasteiger partial charge in [0.15, 0.2) is 0 Å². The van der Waals surface area contributed by atoms with Gasteiger partial charge in [-0.25, -0.2) is 4.39 Å². The number of carbonyl (C=O) groups is 1. The highest BCUT2D eigenvalue weighted by atomic mass is 19.1. The first-order chi connectivity index (χ1) is 28.3. The summed E-state index contributed by atoms with van der Waals surface area (Å²) in [6, 6.07) is 19.7. The van der Waals surface area contributed by atoms with Gasteiger partial charge < -0.3 is 34.2 Å². The van der Waals surface area contributed by atoms with E-state index in [0.29, 0.717) is 60.0 Å². The number of amides is 1. The molecule has 1 amide bonds. The predicted molar refractivity (Wildman–Crippen MR) is 220 cm³/mol. The minimum Gasteiger partial charge on any atom is -0.490 e. The summed E-state index contributed by atoms with van der Waals surface area (Å²) in [6.07, 6.45) is 10.4. The summed E-state index contributed by atoms with van der Waals surface area (Å²) in [5, 5.41) is 34.0. The Morgan fingerprint density at radius 2 is 1.74 bits per heavy atom. The number of unbranched alkanes of at least 4 members (excludes halogenated alkanes) is 2. The zero-order chi connectivity index (χ0) is 41.1. The lowest BCUT2D eigenvalue weighted by Gasteiger charge is -2.60. The molecule has 58 heavy (non-hydrogen) atoms. The molecule has 1 aliphatic heterocycles. The monoisotopic (exact) mass is 791 g/mol. The van der Waals surface area contributed by atoms with E-state index in [1.165, 1.54) is 12.1 Å². The van der Waals surface area contributed by atoms with Crippen LogP contribution in [0, 0.1) is 34.9 Å². The summed E-state index contributed by atoms with van der Waals surface area (Å²) in [6.45, 7) is 10.7. The van der Waals surface area contributed by atoms with Gasteiger partial charge in [0.2, 0.25) is 5.79 Å². The van der Waals surface area contributed by atoms with Gasteiger partial charge in [0.1, 0.15) is 36.6 Å². The van der Waals surface area contributed by atoms with Gasteiger partial charge in [-0.2, -0.15) is 5.26 Å². The number of halogens is 1. The first-order valence-corrected chi connectivity index (χ1v) is 20.3. The van der Waals surface area contributed by atoms with Crippen LogP contribution in [-0.2, 0) is 16.1 Å². The lowest BCUT2D eigenvalue weighted by molar-refractivity contribution is -0.255. The maximum Gasteiger partial charge on any atom is 0.254 e. The molecule has 6 rings (SSSR count). The van der Waals surface area contributed by atoms with Crippen LogP contribution in [0.3, 0.4) is 0 Å². The quantitative estimate of drug-likeness (QED) is 0.0664. The topological polar surface area (TPSA) is 134 Å². The van der Waals surface area contributed by atoms with Gasteiger partial charge in [-0.3, -0.25) is 4.79 Å². The number of carbonyl (C=O) groups excluding carboxylic acids is 1. The van der Waals surface area contributed by atoms with Crippen LogP contribution in [0.25, 0.3) is 0 Å². The maximum absolute atomic E-state index is 15.1. The van der Waals surface area contributed by atoms with Crippen LogP contribution in [0.4, 0.5) is 4.39 Å². The number of fused-ring (bicyclic) bond motifs is 2. The van der Waals surface area contributed by atoms with Gasteiger partial charge in [0, 0.05) is 43.2 Å². The Balaban J connectivity index is 1.62. The first-order valence-electron chi connectivity index (χ1n) is 20.3. The lowest BCUT2D eigenvalue weighted by Crippen LogP contribution is -2.70. The van der Waals surface area contributed by atoms with Crippen LogP contribution in [0.2, 0.25) is 0 Å².